The van der Waals surface area contributed by atoms with Crippen molar-refractivity contribution in [2.24, 2.45) is 5.73 Å². The first-order valence-corrected chi connectivity index (χ1v) is 11.1. The van der Waals surface area contributed by atoms with Crippen molar-refractivity contribution < 1.29 is 24.3 Å². The molecule has 1 heterocycles. The number of carboxylic acid groups (broad SMARTS) is 1. The maximum Gasteiger partial charge on any atom is 0.323 e. The smallest absolute Gasteiger partial charge is 0.323 e. The molecule has 34 heavy (non-hydrogen) atoms. The largest absolute Gasteiger partial charge is 0.481 e. The monoisotopic (exact) mass is 484 g/mol. The van der Waals surface area contributed by atoms with Gasteiger partial charge in [-0.2, -0.15) is 4.37 Å². The summed E-state index contributed by atoms with van der Waals surface area (Å²) in [5.41, 5.74) is 8.80. The first kappa shape index (κ1) is 24.5. The molecule has 2 aromatic rings. The van der Waals surface area contributed by atoms with Crippen molar-refractivity contribution in [3.63, 3.8) is 0 Å². The number of aliphatic carboxylic acids is 1. The highest BCUT2D eigenvalue weighted by Crippen LogP contribution is 2.33. The summed E-state index contributed by atoms with van der Waals surface area (Å²) < 4.78 is 4.10. The predicted octanol–water partition coefficient (Wildman–Crippen LogP) is 3.25. The average Bonchev–Trinajstić information content (AvgIpc) is 3.19. The number of nitrogens with one attached hydrogen (secondary N) is 4. The quantitative estimate of drug-likeness (QED) is 0.335. The van der Waals surface area contributed by atoms with E-state index in [0.717, 1.165) is 30.1 Å². The lowest BCUT2D eigenvalue weighted by Gasteiger charge is -2.14. The van der Waals surface area contributed by atoms with Crippen LogP contribution in [0, 0.1) is 0 Å². The fourth-order valence-electron chi connectivity index (χ4n) is 3.09. The van der Waals surface area contributed by atoms with E-state index in [2.05, 4.69) is 25.6 Å². The molecule has 0 saturated heterocycles. The van der Waals surface area contributed by atoms with Gasteiger partial charge in [-0.3, -0.25) is 14.9 Å². The maximum atomic E-state index is 12.2. The number of urea groups is 2. The third-order valence-electron chi connectivity index (χ3n) is 4.83. The number of carboxylic acids is 1. The molecule has 3 rings (SSSR count). The van der Waals surface area contributed by atoms with E-state index in [1.807, 2.05) is 19.1 Å². The van der Waals surface area contributed by atoms with Gasteiger partial charge in [0.2, 0.25) is 0 Å². The normalized spacial score (nSPS) is 12.7. The van der Waals surface area contributed by atoms with Crippen molar-refractivity contribution in [3.8, 4) is 10.4 Å². The first-order chi connectivity index (χ1) is 16.2. The SMILES string of the molecule is CC1=CC=C(NC(=O)Nc2ccc(-c3snc(NC(=O)NCCC(=O)O)c3C(N)=O)cc2)CC1. The van der Waals surface area contributed by atoms with Crippen molar-refractivity contribution in [2.75, 3.05) is 17.2 Å². The molecule has 0 bridgehead atoms. The molecule has 1 aliphatic carbocycles. The Morgan fingerprint density at radius 2 is 1.76 bits per heavy atom. The maximum absolute atomic E-state index is 12.2. The highest BCUT2D eigenvalue weighted by Gasteiger charge is 2.21. The molecule has 0 aliphatic heterocycles. The fraction of sp³-hybridized carbons (Fsp3) is 0.227. The number of anilines is 2. The van der Waals surface area contributed by atoms with Crippen molar-refractivity contribution in [3.05, 3.63) is 53.3 Å². The Hall–Kier alpha value is -4.19. The minimum atomic E-state index is -1.05. The van der Waals surface area contributed by atoms with Crippen LogP contribution in [0.1, 0.15) is 36.5 Å². The number of primary amides is 1. The summed E-state index contributed by atoms with van der Waals surface area (Å²) in [4.78, 5) is 47.3. The molecule has 178 valence electrons. The third-order valence-corrected chi connectivity index (χ3v) is 5.73. The van der Waals surface area contributed by atoms with E-state index in [4.69, 9.17) is 10.8 Å². The van der Waals surface area contributed by atoms with E-state index in [-0.39, 0.29) is 30.4 Å². The fourth-order valence-corrected chi connectivity index (χ4v) is 3.94. The van der Waals surface area contributed by atoms with Gasteiger partial charge in [0.15, 0.2) is 5.82 Å². The number of hydrogen-bond acceptors (Lipinski definition) is 6. The number of allylic oxidation sites excluding steroid dienone is 4. The second kappa shape index (κ2) is 11.1. The van der Waals surface area contributed by atoms with Gasteiger partial charge in [0, 0.05) is 17.9 Å². The number of hydrogen-bond donors (Lipinski definition) is 6. The molecule has 0 atom stereocenters. The number of carbonyl (C=O) groups is 4. The lowest BCUT2D eigenvalue weighted by atomic mass is 10.0. The second-order valence-corrected chi connectivity index (χ2v) is 8.26. The highest BCUT2D eigenvalue weighted by atomic mass is 32.1. The molecule has 12 heteroatoms. The Labute approximate surface area is 199 Å². The standard InChI is InChI=1S/C22H24N6O5S/c1-12-2-6-14(7-3-12)25-22(33)26-15-8-4-13(5-9-15)18-17(19(23)31)20(28-34-18)27-21(32)24-11-10-16(29)30/h2,4-6,8-9H,3,7,10-11H2,1H3,(H2,23,31)(H,29,30)(H2,25,26,33)(H2,24,27,28,32). The Balaban J connectivity index is 1.66. The molecule has 1 aromatic carbocycles. The lowest BCUT2D eigenvalue weighted by Crippen LogP contribution is -2.31. The number of carbonyl (C=O) groups excluding carboxylic acids is 3. The molecule has 0 radical (unpaired) electrons. The van der Waals surface area contributed by atoms with Gasteiger partial charge in [-0.15, -0.1) is 0 Å². The zero-order valence-electron chi connectivity index (χ0n) is 18.3. The molecule has 1 aliphatic rings. The number of nitrogens with two attached hydrogens (primary N) is 1. The molecular weight excluding hydrogens is 460 g/mol. The minimum Gasteiger partial charge on any atom is -0.481 e. The van der Waals surface area contributed by atoms with Crippen LogP contribution in [0.5, 0.6) is 0 Å². The minimum absolute atomic E-state index is 0.0213. The topological polar surface area (TPSA) is 176 Å². The van der Waals surface area contributed by atoms with Gasteiger partial charge in [-0.05, 0) is 55.1 Å². The van der Waals surface area contributed by atoms with E-state index in [0.29, 0.717) is 16.1 Å². The van der Waals surface area contributed by atoms with Crippen LogP contribution in [0.25, 0.3) is 10.4 Å². The molecule has 0 fully saturated rings. The van der Waals surface area contributed by atoms with Crippen LogP contribution in [-0.4, -0.2) is 40.0 Å². The van der Waals surface area contributed by atoms with Gasteiger partial charge < -0.3 is 26.8 Å². The number of aromatic nitrogens is 1. The Kier molecular flexibility index (Phi) is 7.98. The van der Waals surface area contributed by atoms with Crippen LogP contribution in [0.15, 0.2) is 47.7 Å². The van der Waals surface area contributed by atoms with Gasteiger partial charge in [-0.1, -0.05) is 23.8 Å². The third kappa shape index (κ3) is 6.65. The summed E-state index contributed by atoms with van der Waals surface area (Å²) >= 11 is 0.971. The van der Waals surface area contributed by atoms with Crippen molar-refractivity contribution in [1.29, 1.82) is 0 Å². The van der Waals surface area contributed by atoms with E-state index < -0.39 is 17.9 Å². The van der Waals surface area contributed by atoms with Gasteiger partial charge in [0.1, 0.15) is 5.56 Å². The molecule has 1 aromatic heterocycles. The van der Waals surface area contributed by atoms with Gasteiger partial charge in [0.05, 0.1) is 11.3 Å². The van der Waals surface area contributed by atoms with Gasteiger partial charge in [0.25, 0.3) is 5.91 Å². The second-order valence-electron chi connectivity index (χ2n) is 7.49. The number of amides is 5. The molecule has 0 saturated carbocycles. The molecular formula is C22H24N6O5S. The Morgan fingerprint density at radius 3 is 2.38 bits per heavy atom. The van der Waals surface area contributed by atoms with Crippen molar-refractivity contribution in [1.82, 2.24) is 15.0 Å². The van der Waals surface area contributed by atoms with E-state index in [9.17, 15) is 19.2 Å². The van der Waals surface area contributed by atoms with E-state index in [1.54, 1.807) is 24.3 Å². The number of benzene rings is 1. The summed E-state index contributed by atoms with van der Waals surface area (Å²) in [5, 5.41) is 19.0. The van der Waals surface area contributed by atoms with Crippen LogP contribution in [0.3, 0.4) is 0 Å². The van der Waals surface area contributed by atoms with Gasteiger partial charge >= 0.3 is 18.0 Å². The molecule has 5 amide bonds. The summed E-state index contributed by atoms with van der Waals surface area (Å²) in [6.07, 6.45) is 5.28. The number of nitrogens with zero attached hydrogens (tertiary/aromatic N) is 1. The first-order valence-electron chi connectivity index (χ1n) is 10.3. The van der Waals surface area contributed by atoms with Crippen LogP contribution >= 0.6 is 11.5 Å². The summed E-state index contributed by atoms with van der Waals surface area (Å²) in [5.74, 6) is -1.86. The summed E-state index contributed by atoms with van der Waals surface area (Å²) in [7, 11) is 0. The van der Waals surface area contributed by atoms with Crippen molar-refractivity contribution in [2.45, 2.75) is 26.2 Å². The van der Waals surface area contributed by atoms with Crippen LogP contribution < -0.4 is 27.0 Å². The van der Waals surface area contributed by atoms with Crippen LogP contribution in [0.4, 0.5) is 21.1 Å². The summed E-state index contributed by atoms with van der Waals surface area (Å²) in [6.45, 7) is 1.96. The molecule has 7 N–H and O–H groups in total. The van der Waals surface area contributed by atoms with Crippen molar-refractivity contribution >= 4 is 47.0 Å². The number of rotatable bonds is 8. The Morgan fingerprint density at radius 1 is 1.03 bits per heavy atom. The van der Waals surface area contributed by atoms with E-state index >= 15 is 0 Å². The molecule has 0 unspecified atom stereocenters. The molecule has 0 spiro atoms. The van der Waals surface area contributed by atoms with Crippen LogP contribution in [-0.2, 0) is 4.79 Å². The molecule has 11 nitrogen and oxygen atoms in total. The van der Waals surface area contributed by atoms with E-state index in [1.165, 1.54) is 5.57 Å². The Bertz CT molecular complexity index is 1170. The zero-order valence-corrected chi connectivity index (χ0v) is 19.1. The van der Waals surface area contributed by atoms with Gasteiger partial charge in [-0.25, -0.2) is 9.59 Å². The summed E-state index contributed by atoms with van der Waals surface area (Å²) in [6, 6.07) is 5.67. The average molecular weight is 485 g/mol. The highest BCUT2D eigenvalue weighted by molar-refractivity contribution is 7.10. The van der Waals surface area contributed by atoms with Crippen LogP contribution in [0.2, 0.25) is 0 Å². The zero-order chi connectivity index (χ0) is 24.7. The lowest BCUT2D eigenvalue weighted by molar-refractivity contribution is -0.136. The predicted molar refractivity (Wildman–Crippen MR) is 129 cm³/mol.